The van der Waals surface area contributed by atoms with E-state index in [1.165, 1.54) is 17.7 Å². The van der Waals surface area contributed by atoms with Crippen molar-refractivity contribution in [2.45, 2.75) is 31.7 Å². The summed E-state index contributed by atoms with van der Waals surface area (Å²) in [5, 5.41) is 5.69. The third-order valence-corrected chi connectivity index (χ3v) is 7.78. The average Bonchev–Trinajstić information content (AvgIpc) is 3.02. The molecule has 1 N–H and O–H groups in total. The van der Waals surface area contributed by atoms with Crippen molar-refractivity contribution in [2.24, 2.45) is 11.8 Å². The standard InChI is InChI=1S/C14H20BrNO2S2/c15-12-6-14(19-8-12)5-11(7-16-13-1-2-13)10-3-4-20(17,18)9-10/h6,8,10-11,13,16H,1-5,7,9H2. The first-order chi connectivity index (χ1) is 9.52. The fourth-order valence-corrected chi connectivity index (χ4v) is 6.39. The van der Waals surface area contributed by atoms with Crippen molar-refractivity contribution in [3.05, 3.63) is 20.8 Å². The number of thiophene rings is 1. The molecule has 1 aromatic rings. The highest BCUT2D eigenvalue weighted by Crippen LogP contribution is 2.31. The normalized spacial score (nSPS) is 26.8. The lowest BCUT2D eigenvalue weighted by atomic mass is 9.88. The number of nitrogens with one attached hydrogen (secondary N) is 1. The maximum Gasteiger partial charge on any atom is 0.150 e. The van der Waals surface area contributed by atoms with Crippen LogP contribution >= 0.6 is 27.3 Å². The Balaban J connectivity index is 1.66. The minimum atomic E-state index is -2.78. The molecule has 2 atom stereocenters. The maximum absolute atomic E-state index is 11.7. The summed E-state index contributed by atoms with van der Waals surface area (Å²) in [5.41, 5.74) is 0. The predicted molar refractivity (Wildman–Crippen MR) is 87.0 cm³/mol. The lowest BCUT2D eigenvalue weighted by molar-refractivity contribution is 0.344. The van der Waals surface area contributed by atoms with Crippen molar-refractivity contribution in [3.8, 4) is 0 Å². The number of hydrogen-bond acceptors (Lipinski definition) is 4. The van der Waals surface area contributed by atoms with E-state index < -0.39 is 9.84 Å². The Morgan fingerprint density at radius 2 is 2.20 bits per heavy atom. The minimum absolute atomic E-state index is 0.326. The van der Waals surface area contributed by atoms with Gasteiger partial charge in [0.05, 0.1) is 11.5 Å². The zero-order valence-electron chi connectivity index (χ0n) is 11.3. The number of hydrogen-bond donors (Lipinski definition) is 1. The van der Waals surface area contributed by atoms with Gasteiger partial charge in [0.1, 0.15) is 0 Å². The summed E-state index contributed by atoms with van der Waals surface area (Å²) in [6.45, 7) is 0.959. The fourth-order valence-electron chi connectivity index (χ4n) is 2.93. The van der Waals surface area contributed by atoms with Gasteiger partial charge in [-0.1, -0.05) is 0 Å². The van der Waals surface area contributed by atoms with Gasteiger partial charge in [0, 0.05) is 20.8 Å². The molecule has 1 aromatic heterocycles. The molecule has 3 rings (SSSR count). The van der Waals surface area contributed by atoms with Crippen LogP contribution in [-0.4, -0.2) is 32.5 Å². The van der Waals surface area contributed by atoms with Gasteiger partial charge in [0.2, 0.25) is 0 Å². The molecule has 112 valence electrons. The lowest BCUT2D eigenvalue weighted by Crippen LogP contribution is -2.31. The lowest BCUT2D eigenvalue weighted by Gasteiger charge is -2.22. The molecule has 1 saturated carbocycles. The van der Waals surface area contributed by atoms with E-state index in [0.29, 0.717) is 29.4 Å². The smallest absolute Gasteiger partial charge is 0.150 e. The highest BCUT2D eigenvalue weighted by molar-refractivity contribution is 9.10. The first-order valence-electron chi connectivity index (χ1n) is 7.18. The second-order valence-electron chi connectivity index (χ2n) is 6.04. The second-order valence-corrected chi connectivity index (χ2v) is 10.2. The summed E-state index contributed by atoms with van der Waals surface area (Å²) in [6.07, 6.45) is 4.39. The van der Waals surface area contributed by atoms with E-state index in [1.54, 1.807) is 11.3 Å². The van der Waals surface area contributed by atoms with E-state index in [0.717, 1.165) is 23.9 Å². The molecule has 0 amide bonds. The van der Waals surface area contributed by atoms with E-state index in [4.69, 9.17) is 0 Å². The van der Waals surface area contributed by atoms with Gasteiger partial charge in [-0.3, -0.25) is 0 Å². The van der Waals surface area contributed by atoms with Gasteiger partial charge in [-0.05, 0) is 66.1 Å². The average molecular weight is 378 g/mol. The molecule has 0 radical (unpaired) electrons. The number of rotatable bonds is 6. The third-order valence-electron chi connectivity index (χ3n) is 4.27. The topological polar surface area (TPSA) is 46.2 Å². The first-order valence-corrected chi connectivity index (χ1v) is 10.7. The largest absolute Gasteiger partial charge is 0.314 e. The van der Waals surface area contributed by atoms with Crippen LogP contribution in [0.2, 0.25) is 0 Å². The van der Waals surface area contributed by atoms with Gasteiger partial charge in [-0.25, -0.2) is 8.42 Å². The molecule has 2 heterocycles. The van der Waals surface area contributed by atoms with Crippen molar-refractivity contribution in [2.75, 3.05) is 18.1 Å². The zero-order chi connectivity index (χ0) is 14.2. The Hall–Kier alpha value is 0.0900. The van der Waals surface area contributed by atoms with Gasteiger partial charge < -0.3 is 5.32 Å². The summed E-state index contributed by atoms with van der Waals surface area (Å²) in [4.78, 5) is 1.35. The molecule has 1 saturated heterocycles. The maximum atomic E-state index is 11.7. The van der Waals surface area contributed by atoms with Gasteiger partial charge >= 0.3 is 0 Å². The van der Waals surface area contributed by atoms with Crippen LogP contribution in [-0.2, 0) is 16.3 Å². The van der Waals surface area contributed by atoms with E-state index in [1.807, 2.05) is 0 Å². The van der Waals surface area contributed by atoms with Crippen molar-refractivity contribution < 1.29 is 8.42 Å². The number of sulfone groups is 1. The van der Waals surface area contributed by atoms with Gasteiger partial charge in [0.15, 0.2) is 9.84 Å². The van der Waals surface area contributed by atoms with Crippen LogP contribution in [0.25, 0.3) is 0 Å². The second kappa shape index (κ2) is 6.07. The molecule has 20 heavy (non-hydrogen) atoms. The van der Waals surface area contributed by atoms with E-state index in [2.05, 4.69) is 32.7 Å². The molecule has 0 aromatic carbocycles. The van der Waals surface area contributed by atoms with Crippen LogP contribution in [0.4, 0.5) is 0 Å². The summed E-state index contributed by atoms with van der Waals surface area (Å²) in [6, 6.07) is 2.85. The molecule has 2 fully saturated rings. The SMILES string of the molecule is O=S1(=O)CCC(C(CNC2CC2)Cc2cc(Br)cs2)C1. The molecule has 2 unspecified atom stereocenters. The highest BCUT2D eigenvalue weighted by Gasteiger charge is 2.34. The van der Waals surface area contributed by atoms with E-state index in [9.17, 15) is 8.42 Å². The van der Waals surface area contributed by atoms with Crippen molar-refractivity contribution in [3.63, 3.8) is 0 Å². The van der Waals surface area contributed by atoms with Gasteiger partial charge in [-0.15, -0.1) is 11.3 Å². The highest BCUT2D eigenvalue weighted by atomic mass is 79.9. The molecule has 0 spiro atoms. The van der Waals surface area contributed by atoms with Crippen molar-refractivity contribution >= 4 is 37.1 Å². The van der Waals surface area contributed by atoms with Crippen LogP contribution in [0.15, 0.2) is 15.9 Å². The van der Waals surface area contributed by atoms with E-state index >= 15 is 0 Å². The Morgan fingerprint density at radius 3 is 2.75 bits per heavy atom. The van der Waals surface area contributed by atoms with Gasteiger partial charge in [-0.2, -0.15) is 0 Å². The Morgan fingerprint density at radius 1 is 1.40 bits per heavy atom. The summed E-state index contributed by atoms with van der Waals surface area (Å²) >= 11 is 5.26. The summed E-state index contributed by atoms with van der Waals surface area (Å²) < 4.78 is 24.6. The molecule has 0 bridgehead atoms. The van der Waals surface area contributed by atoms with Crippen LogP contribution in [0.3, 0.4) is 0 Å². The molecular weight excluding hydrogens is 358 g/mol. The zero-order valence-corrected chi connectivity index (χ0v) is 14.6. The molecular formula is C14H20BrNO2S2. The summed E-state index contributed by atoms with van der Waals surface area (Å²) in [7, 11) is -2.78. The predicted octanol–water partition coefficient (Wildman–Crippen LogP) is 2.86. The Labute approximate surface area is 133 Å². The third kappa shape index (κ3) is 4.06. The fraction of sp³-hybridized carbons (Fsp3) is 0.714. The first kappa shape index (κ1) is 15.0. The van der Waals surface area contributed by atoms with Crippen molar-refractivity contribution in [1.29, 1.82) is 0 Å². The quantitative estimate of drug-likeness (QED) is 0.828. The van der Waals surface area contributed by atoms with Gasteiger partial charge in [0.25, 0.3) is 0 Å². The molecule has 6 heteroatoms. The Kier molecular flexibility index (Phi) is 4.55. The Bertz CT molecular complexity index is 565. The van der Waals surface area contributed by atoms with Crippen LogP contribution < -0.4 is 5.32 Å². The molecule has 2 aliphatic rings. The minimum Gasteiger partial charge on any atom is -0.314 e. The van der Waals surface area contributed by atoms with Crippen LogP contribution in [0.5, 0.6) is 0 Å². The molecule has 1 aliphatic carbocycles. The van der Waals surface area contributed by atoms with Crippen LogP contribution in [0.1, 0.15) is 24.1 Å². The number of halogens is 1. The molecule has 3 nitrogen and oxygen atoms in total. The van der Waals surface area contributed by atoms with Crippen LogP contribution in [0, 0.1) is 11.8 Å². The van der Waals surface area contributed by atoms with E-state index in [-0.39, 0.29) is 0 Å². The monoisotopic (exact) mass is 377 g/mol. The van der Waals surface area contributed by atoms with Crippen molar-refractivity contribution in [1.82, 2.24) is 5.32 Å². The molecule has 1 aliphatic heterocycles. The summed E-state index contributed by atoms with van der Waals surface area (Å²) in [5.74, 6) is 1.54.